The third-order valence-corrected chi connectivity index (χ3v) is 2.78. The summed E-state index contributed by atoms with van der Waals surface area (Å²) in [6.45, 7) is 0.782. The Morgan fingerprint density at radius 1 is 1.67 bits per heavy atom. The van der Waals surface area contributed by atoms with Gasteiger partial charge >= 0.3 is 5.97 Å². The lowest BCUT2D eigenvalue weighted by molar-refractivity contribution is -0.137. The second kappa shape index (κ2) is 4.82. The maximum Gasteiger partial charge on any atom is 0.317 e. The number of aliphatic carboxylic acids is 1. The van der Waals surface area contributed by atoms with Crippen molar-refractivity contribution in [2.45, 2.75) is 36.6 Å². The third-order valence-electron chi connectivity index (χ3n) is 2.01. The fourth-order valence-electron chi connectivity index (χ4n) is 1.32. The second-order valence-corrected chi connectivity index (χ2v) is 4.14. The number of alkyl halides is 1. The quantitative estimate of drug-likeness (QED) is 0.761. The van der Waals surface area contributed by atoms with Crippen molar-refractivity contribution in [3.05, 3.63) is 0 Å². The molecule has 0 spiro atoms. The topological polar surface area (TPSA) is 46.5 Å². The molecule has 4 heteroatoms. The maximum atomic E-state index is 10.5. The molecule has 1 aliphatic heterocycles. The molecule has 70 valence electrons. The standard InChI is InChI=1S/C8H13BrO3/c9-7(8(10)11)5-6-3-1-2-4-12-6/h6-7H,1-5H2,(H,10,11). The van der Waals surface area contributed by atoms with Crippen molar-refractivity contribution in [1.29, 1.82) is 0 Å². The summed E-state index contributed by atoms with van der Waals surface area (Å²) in [6, 6.07) is 0. The average molecular weight is 237 g/mol. The number of carboxylic acid groups (broad SMARTS) is 1. The number of rotatable bonds is 3. The number of carboxylic acids is 1. The molecular weight excluding hydrogens is 224 g/mol. The summed E-state index contributed by atoms with van der Waals surface area (Å²) in [4.78, 5) is 10.0. The van der Waals surface area contributed by atoms with Crippen LogP contribution < -0.4 is 0 Å². The summed E-state index contributed by atoms with van der Waals surface area (Å²) in [5.41, 5.74) is 0. The normalized spacial score (nSPS) is 26.6. The van der Waals surface area contributed by atoms with Gasteiger partial charge in [0.15, 0.2) is 0 Å². The molecular formula is C8H13BrO3. The average Bonchev–Trinajstić information content (AvgIpc) is 2.06. The predicted molar refractivity (Wildman–Crippen MR) is 48.6 cm³/mol. The summed E-state index contributed by atoms with van der Waals surface area (Å²) < 4.78 is 5.41. The molecule has 0 aromatic heterocycles. The molecule has 0 radical (unpaired) electrons. The largest absolute Gasteiger partial charge is 0.480 e. The number of carbonyl (C=O) groups is 1. The molecule has 0 aromatic carbocycles. The van der Waals surface area contributed by atoms with Crippen LogP contribution in [0.2, 0.25) is 0 Å². The van der Waals surface area contributed by atoms with E-state index in [4.69, 9.17) is 9.84 Å². The van der Waals surface area contributed by atoms with Crippen molar-refractivity contribution < 1.29 is 14.6 Å². The molecule has 1 heterocycles. The number of hydrogen-bond donors (Lipinski definition) is 1. The molecule has 1 rings (SSSR count). The summed E-state index contributed by atoms with van der Waals surface area (Å²) in [6.07, 6.45) is 3.98. The molecule has 0 aromatic rings. The fraction of sp³-hybridized carbons (Fsp3) is 0.875. The van der Waals surface area contributed by atoms with Crippen molar-refractivity contribution in [2.24, 2.45) is 0 Å². The highest BCUT2D eigenvalue weighted by molar-refractivity contribution is 9.10. The highest BCUT2D eigenvalue weighted by Gasteiger charge is 2.21. The molecule has 0 saturated carbocycles. The fourth-order valence-corrected chi connectivity index (χ4v) is 1.74. The first-order chi connectivity index (χ1) is 5.70. The highest BCUT2D eigenvalue weighted by atomic mass is 79.9. The molecule has 2 unspecified atom stereocenters. The van der Waals surface area contributed by atoms with Crippen molar-refractivity contribution in [1.82, 2.24) is 0 Å². The number of hydrogen-bond acceptors (Lipinski definition) is 2. The first-order valence-electron chi connectivity index (χ1n) is 4.18. The number of halogens is 1. The van der Waals surface area contributed by atoms with E-state index in [-0.39, 0.29) is 6.10 Å². The summed E-state index contributed by atoms with van der Waals surface area (Å²) in [7, 11) is 0. The Balaban J connectivity index is 2.24. The van der Waals surface area contributed by atoms with Gasteiger partial charge in [-0.15, -0.1) is 0 Å². The minimum absolute atomic E-state index is 0.138. The lowest BCUT2D eigenvalue weighted by Gasteiger charge is -2.23. The molecule has 1 aliphatic rings. The van der Waals surface area contributed by atoms with Crippen molar-refractivity contribution in [3.8, 4) is 0 Å². The van der Waals surface area contributed by atoms with Crippen LogP contribution >= 0.6 is 15.9 Å². The Kier molecular flexibility index (Phi) is 4.01. The Morgan fingerprint density at radius 2 is 2.42 bits per heavy atom. The Morgan fingerprint density at radius 3 is 2.92 bits per heavy atom. The van der Waals surface area contributed by atoms with Gasteiger partial charge in [-0.1, -0.05) is 15.9 Å². The first-order valence-corrected chi connectivity index (χ1v) is 5.10. The van der Waals surface area contributed by atoms with E-state index in [1.165, 1.54) is 0 Å². The molecule has 3 nitrogen and oxygen atoms in total. The molecule has 0 aliphatic carbocycles. The van der Waals surface area contributed by atoms with E-state index >= 15 is 0 Å². The molecule has 2 atom stereocenters. The van der Waals surface area contributed by atoms with Gasteiger partial charge in [-0.25, -0.2) is 0 Å². The summed E-state index contributed by atoms with van der Waals surface area (Å²) in [5.74, 6) is -0.802. The Labute approximate surface area is 80.2 Å². The van der Waals surface area contributed by atoms with Crippen LogP contribution in [0.5, 0.6) is 0 Å². The summed E-state index contributed by atoms with van der Waals surface area (Å²) >= 11 is 3.10. The van der Waals surface area contributed by atoms with Crippen LogP contribution in [-0.2, 0) is 9.53 Å². The van der Waals surface area contributed by atoms with Crippen molar-refractivity contribution in [2.75, 3.05) is 6.61 Å². The van der Waals surface area contributed by atoms with Gasteiger partial charge in [0.2, 0.25) is 0 Å². The van der Waals surface area contributed by atoms with E-state index in [0.29, 0.717) is 6.42 Å². The zero-order chi connectivity index (χ0) is 8.97. The van der Waals surface area contributed by atoms with Crippen LogP contribution in [-0.4, -0.2) is 28.6 Å². The predicted octanol–water partition coefficient (Wildman–Crippen LogP) is 1.79. The monoisotopic (exact) mass is 236 g/mol. The molecule has 1 saturated heterocycles. The van der Waals surface area contributed by atoms with Crippen LogP contribution in [0.3, 0.4) is 0 Å². The van der Waals surface area contributed by atoms with Gasteiger partial charge in [-0.05, 0) is 25.7 Å². The molecule has 0 bridgehead atoms. The van der Waals surface area contributed by atoms with Gasteiger partial charge in [0.25, 0.3) is 0 Å². The zero-order valence-electron chi connectivity index (χ0n) is 6.83. The molecule has 1 fully saturated rings. The zero-order valence-corrected chi connectivity index (χ0v) is 8.42. The van der Waals surface area contributed by atoms with Gasteiger partial charge in [0, 0.05) is 6.61 Å². The lowest BCUT2D eigenvalue weighted by Crippen LogP contribution is -2.25. The van der Waals surface area contributed by atoms with Crippen LogP contribution in [0.1, 0.15) is 25.7 Å². The van der Waals surface area contributed by atoms with E-state index in [0.717, 1.165) is 25.9 Å². The smallest absolute Gasteiger partial charge is 0.317 e. The van der Waals surface area contributed by atoms with Crippen LogP contribution in [0.4, 0.5) is 0 Å². The molecule has 12 heavy (non-hydrogen) atoms. The molecule has 0 amide bonds. The van der Waals surface area contributed by atoms with E-state index < -0.39 is 10.8 Å². The van der Waals surface area contributed by atoms with E-state index in [2.05, 4.69) is 15.9 Å². The Bertz CT molecular complexity index is 154. The van der Waals surface area contributed by atoms with E-state index in [9.17, 15) is 4.79 Å². The van der Waals surface area contributed by atoms with Crippen LogP contribution in [0.15, 0.2) is 0 Å². The van der Waals surface area contributed by atoms with Crippen molar-refractivity contribution >= 4 is 21.9 Å². The maximum absolute atomic E-state index is 10.5. The first kappa shape index (κ1) is 9.99. The van der Waals surface area contributed by atoms with Gasteiger partial charge in [0.1, 0.15) is 4.83 Å². The SMILES string of the molecule is O=C(O)C(Br)CC1CCCCO1. The van der Waals surface area contributed by atoms with E-state index in [1.807, 2.05) is 0 Å². The van der Waals surface area contributed by atoms with Gasteiger partial charge in [-0.2, -0.15) is 0 Å². The van der Waals surface area contributed by atoms with Crippen molar-refractivity contribution in [3.63, 3.8) is 0 Å². The second-order valence-electron chi connectivity index (χ2n) is 3.03. The molecule has 1 N–H and O–H groups in total. The van der Waals surface area contributed by atoms with Gasteiger partial charge in [0.05, 0.1) is 6.10 Å². The number of ether oxygens (including phenoxy) is 1. The summed E-state index contributed by atoms with van der Waals surface area (Å²) in [5, 5.41) is 8.61. The third kappa shape index (κ3) is 3.11. The highest BCUT2D eigenvalue weighted by Crippen LogP contribution is 2.20. The van der Waals surface area contributed by atoms with Gasteiger partial charge in [-0.3, -0.25) is 4.79 Å². The van der Waals surface area contributed by atoms with Crippen LogP contribution in [0.25, 0.3) is 0 Å². The minimum Gasteiger partial charge on any atom is -0.480 e. The van der Waals surface area contributed by atoms with E-state index in [1.54, 1.807) is 0 Å². The lowest BCUT2D eigenvalue weighted by atomic mass is 10.0. The Hall–Kier alpha value is -0.0900. The van der Waals surface area contributed by atoms with Crippen LogP contribution in [0, 0.1) is 0 Å². The minimum atomic E-state index is -0.802. The van der Waals surface area contributed by atoms with Gasteiger partial charge < -0.3 is 9.84 Å².